The van der Waals surface area contributed by atoms with Crippen LogP contribution >= 0.6 is 0 Å². The molecule has 0 aliphatic heterocycles. The Kier molecular flexibility index (Phi) is 3.65. The highest BCUT2D eigenvalue weighted by Crippen LogP contribution is 2.33. The lowest BCUT2D eigenvalue weighted by Gasteiger charge is -2.12. The third kappa shape index (κ3) is 2.98. The van der Waals surface area contributed by atoms with Gasteiger partial charge in [-0.3, -0.25) is 0 Å². The summed E-state index contributed by atoms with van der Waals surface area (Å²) < 4.78 is 38.2. The Bertz CT molecular complexity index is 566. The van der Waals surface area contributed by atoms with Crippen LogP contribution in [0.25, 0.3) is 11.1 Å². The van der Waals surface area contributed by atoms with Crippen molar-refractivity contribution in [1.29, 1.82) is 0 Å². The topological polar surface area (TPSA) is 0 Å². The second kappa shape index (κ2) is 5.08. The number of halogens is 3. The molecule has 0 spiro atoms. The smallest absolute Gasteiger partial charge is 0.166 e. The van der Waals surface area contributed by atoms with E-state index in [1.165, 1.54) is 17.7 Å². The molecule has 3 heteroatoms. The molecule has 0 saturated heterocycles. The summed E-state index contributed by atoms with van der Waals surface area (Å²) in [5.41, 5.74) is 2.87. The first kappa shape index (κ1) is 13.7. The molecule has 0 amide bonds. The molecule has 2 aromatic carbocycles. The van der Waals surface area contributed by atoms with Crippen LogP contribution in [-0.4, -0.2) is 0 Å². The molecule has 2 aromatic rings. The first-order valence-electron chi connectivity index (χ1n) is 6.19. The predicted molar refractivity (Wildman–Crippen MR) is 71.0 cm³/mol. The van der Waals surface area contributed by atoms with Crippen molar-refractivity contribution in [2.45, 2.75) is 26.4 Å². The summed E-state index contributed by atoms with van der Waals surface area (Å²) in [7, 11) is 0. The van der Waals surface area contributed by atoms with E-state index in [9.17, 15) is 13.2 Å². The minimum Gasteiger partial charge on any atom is -0.166 e. The third-order valence-electron chi connectivity index (χ3n) is 3.24. The van der Waals surface area contributed by atoms with Crippen molar-refractivity contribution in [1.82, 2.24) is 0 Å². The van der Waals surface area contributed by atoms with Gasteiger partial charge >= 0.3 is 6.18 Å². The fourth-order valence-corrected chi connectivity index (χ4v) is 2.03. The average Bonchev–Trinajstić information content (AvgIpc) is 2.38. The van der Waals surface area contributed by atoms with Gasteiger partial charge in [-0.2, -0.15) is 13.2 Å². The van der Waals surface area contributed by atoms with Crippen LogP contribution in [0.15, 0.2) is 42.5 Å². The number of aryl methyl sites for hydroxylation is 2. The van der Waals surface area contributed by atoms with Crippen LogP contribution < -0.4 is 0 Å². The summed E-state index contributed by atoms with van der Waals surface area (Å²) in [6.45, 7) is 3.87. The van der Waals surface area contributed by atoms with Gasteiger partial charge in [0.15, 0.2) is 0 Å². The lowest BCUT2D eigenvalue weighted by molar-refractivity contribution is -0.137. The molecule has 100 valence electrons. The molecule has 0 nitrogen and oxygen atoms in total. The van der Waals surface area contributed by atoms with Gasteiger partial charge < -0.3 is 0 Å². The fraction of sp³-hybridized carbons (Fsp3) is 0.250. The molecule has 0 atom stereocenters. The Hall–Kier alpha value is -1.77. The van der Waals surface area contributed by atoms with Gasteiger partial charge in [0, 0.05) is 0 Å². The molecule has 0 aliphatic rings. The Morgan fingerprint density at radius 1 is 0.947 bits per heavy atom. The van der Waals surface area contributed by atoms with Crippen molar-refractivity contribution in [2.75, 3.05) is 0 Å². The van der Waals surface area contributed by atoms with Gasteiger partial charge in [0.25, 0.3) is 0 Å². The number of hydrogen-bond acceptors (Lipinski definition) is 0. The average molecular weight is 264 g/mol. The largest absolute Gasteiger partial charge is 0.416 e. The molecular formula is C16H15F3. The predicted octanol–water partition coefficient (Wildman–Crippen LogP) is 5.24. The zero-order chi connectivity index (χ0) is 14.0. The van der Waals surface area contributed by atoms with Gasteiger partial charge in [-0.1, -0.05) is 37.3 Å². The number of rotatable bonds is 2. The van der Waals surface area contributed by atoms with E-state index in [0.717, 1.165) is 23.6 Å². The van der Waals surface area contributed by atoms with E-state index in [4.69, 9.17) is 0 Å². The molecular weight excluding hydrogens is 249 g/mol. The highest BCUT2D eigenvalue weighted by Gasteiger charge is 2.30. The highest BCUT2D eigenvalue weighted by molar-refractivity contribution is 5.68. The third-order valence-corrected chi connectivity index (χ3v) is 3.24. The minimum atomic E-state index is -4.30. The minimum absolute atomic E-state index is 0.604. The summed E-state index contributed by atoms with van der Waals surface area (Å²) in [4.78, 5) is 0. The van der Waals surface area contributed by atoms with E-state index in [1.54, 1.807) is 0 Å². The van der Waals surface area contributed by atoms with Crippen LogP contribution in [0.3, 0.4) is 0 Å². The van der Waals surface area contributed by atoms with E-state index in [1.807, 2.05) is 38.1 Å². The number of hydrogen-bond donors (Lipinski definition) is 0. The molecule has 0 aliphatic carbocycles. The molecule has 0 saturated carbocycles. The summed E-state index contributed by atoms with van der Waals surface area (Å²) in [5.74, 6) is 0. The van der Waals surface area contributed by atoms with Crippen LogP contribution in [0.4, 0.5) is 13.2 Å². The van der Waals surface area contributed by atoms with Gasteiger partial charge in [0.2, 0.25) is 0 Å². The van der Waals surface area contributed by atoms with Crippen molar-refractivity contribution >= 4 is 0 Å². The SMILES string of the molecule is CCc1ccc(-c2cc(C(F)(F)F)ccc2C)cc1. The quantitative estimate of drug-likeness (QED) is 0.695. The molecule has 0 fully saturated rings. The van der Waals surface area contributed by atoms with Crippen LogP contribution in [0.5, 0.6) is 0 Å². The van der Waals surface area contributed by atoms with Crippen LogP contribution in [-0.2, 0) is 12.6 Å². The second-order valence-corrected chi connectivity index (χ2v) is 4.58. The zero-order valence-electron chi connectivity index (χ0n) is 10.9. The maximum Gasteiger partial charge on any atom is 0.416 e. The van der Waals surface area contributed by atoms with Crippen molar-refractivity contribution in [3.63, 3.8) is 0 Å². The standard InChI is InChI=1S/C16H15F3/c1-3-12-5-7-13(8-6-12)15-10-14(16(17,18)19)9-4-11(15)2/h4-10H,3H2,1-2H3. The van der Waals surface area contributed by atoms with Crippen LogP contribution in [0.2, 0.25) is 0 Å². The van der Waals surface area contributed by atoms with Gasteiger partial charge in [-0.15, -0.1) is 0 Å². The number of alkyl halides is 3. The first-order chi connectivity index (χ1) is 8.91. The maximum atomic E-state index is 12.7. The molecule has 2 rings (SSSR count). The van der Waals surface area contributed by atoms with Crippen molar-refractivity contribution in [3.05, 3.63) is 59.2 Å². The van der Waals surface area contributed by atoms with Gasteiger partial charge in [0.1, 0.15) is 0 Å². The Labute approximate surface area is 110 Å². The first-order valence-corrected chi connectivity index (χ1v) is 6.19. The maximum absolute atomic E-state index is 12.7. The van der Waals surface area contributed by atoms with Crippen molar-refractivity contribution in [3.8, 4) is 11.1 Å². The Balaban J connectivity index is 2.48. The lowest BCUT2D eigenvalue weighted by atomic mass is 9.97. The summed E-state index contributed by atoms with van der Waals surface area (Å²) in [5, 5.41) is 0. The van der Waals surface area contributed by atoms with Gasteiger partial charge in [0.05, 0.1) is 5.56 Å². The van der Waals surface area contributed by atoms with Gasteiger partial charge in [-0.05, 0) is 47.7 Å². The van der Waals surface area contributed by atoms with E-state index in [2.05, 4.69) is 0 Å². The lowest BCUT2D eigenvalue weighted by Crippen LogP contribution is -2.05. The zero-order valence-corrected chi connectivity index (χ0v) is 10.9. The molecule has 0 bridgehead atoms. The van der Waals surface area contributed by atoms with Crippen molar-refractivity contribution < 1.29 is 13.2 Å². The summed E-state index contributed by atoms with van der Waals surface area (Å²) in [6, 6.07) is 11.5. The Morgan fingerprint density at radius 2 is 1.58 bits per heavy atom. The van der Waals surface area contributed by atoms with E-state index >= 15 is 0 Å². The molecule has 19 heavy (non-hydrogen) atoms. The Morgan fingerprint density at radius 3 is 2.11 bits per heavy atom. The molecule has 0 radical (unpaired) electrons. The molecule has 0 unspecified atom stereocenters. The number of benzene rings is 2. The normalized spacial score (nSPS) is 11.6. The van der Waals surface area contributed by atoms with Crippen molar-refractivity contribution in [2.24, 2.45) is 0 Å². The summed E-state index contributed by atoms with van der Waals surface area (Å²) in [6.07, 6.45) is -3.38. The monoisotopic (exact) mass is 264 g/mol. The van der Waals surface area contributed by atoms with E-state index in [-0.39, 0.29) is 0 Å². The molecule has 0 heterocycles. The van der Waals surface area contributed by atoms with E-state index in [0.29, 0.717) is 5.56 Å². The van der Waals surface area contributed by atoms with E-state index < -0.39 is 11.7 Å². The molecule has 0 aromatic heterocycles. The summed E-state index contributed by atoms with van der Waals surface area (Å²) >= 11 is 0. The fourth-order valence-electron chi connectivity index (χ4n) is 2.03. The van der Waals surface area contributed by atoms with Crippen LogP contribution in [0.1, 0.15) is 23.6 Å². The second-order valence-electron chi connectivity index (χ2n) is 4.58. The molecule has 0 N–H and O–H groups in total. The highest BCUT2D eigenvalue weighted by atomic mass is 19.4. The van der Waals surface area contributed by atoms with Crippen LogP contribution in [0, 0.1) is 6.92 Å². The van der Waals surface area contributed by atoms with Gasteiger partial charge in [-0.25, -0.2) is 0 Å².